The molecule has 0 saturated carbocycles. The number of rotatable bonds is 6. The molecule has 2 N–H and O–H groups in total. The summed E-state index contributed by atoms with van der Waals surface area (Å²) in [5.41, 5.74) is 1.35. The molecule has 0 atom stereocenters. The van der Waals surface area contributed by atoms with E-state index in [4.69, 9.17) is 0 Å². The van der Waals surface area contributed by atoms with E-state index < -0.39 is 0 Å². The maximum atomic E-state index is 11.4. The van der Waals surface area contributed by atoms with Gasteiger partial charge in [0.05, 0.1) is 12.7 Å². The van der Waals surface area contributed by atoms with Gasteiger partial charge in [-0.15, -0.1) is 0 Å². The first-order valence-corrected chi connectivity index (χ1v) is 6.74. The van der Waals surface area contributed by atoms with Crippen molar-refractivity contribution >= 4 is 23.3 Å². The van der Waals surface area contributed by atoms with Gasteiger partial charge in [-0.3, -0.25) is 0 Å². The number of anilines is 3. The number of benzene rings is 1. The van der Waals surface area contributed by atoms with Gasteiger partial charge in [0.15, 0.2) is 0 Å². The van der Waals surface area contributed by atoms with Crippen molar-refractivity contribution in [2.45, 2.75) is 13.3 Å². The number of ether oxygens (including phenoxy) is 1. The molecule has 0 aliphatic heterocycles. The molecule has 0 aliphatic rings. The van der Waals surface area contributed by atoms with Gasteiger partial charge in [0.25, 0.3) is 0 Å². The number of methoxy groups -OCH3 is 1. The van der Waals surface area contributed by atoms with E-state index >= 15 is 0 Å². The highest BCUT2D eigenvalue weighted by Gasteiger charge is 2.05. The Morgan fingerprint density at radius 2 is 1.90 bits per heavy atom. The van der Waals surface area contributed by atoms with Crippen molar-refractivity contribution < 1.29 is 9.53 Å². The summed E-state index contributed by atoms with van der Waals surface area (Å²) < 4.78 is 4.66. The molecule has 1 heterocycles. The predicted molar refractivity (Wildman–Crippen MR) is 81.9 cm³/mol. The fourth-order valence-electron chi connectivity index (χ4n) is 1.73. The number of carbonyl (C=O) groups is 1. The Balaban J connectivity index is 2.05. The summed E-state index contributed by atoms with van der Waals surface area (Å²) in [5, 5.41) is 6.36. The van der Waals surface area contributed by atoms with Crippen molar-refractivity contribution in [3.63, 3.8) is 0 Å². The lowest BCUT2D eigenvalue weighted by Gasteiger charge is -2.08. The van der Waals surface area contributed by atoms with Crippen molar-refractivity contribution in [3.05, 3.63) is 42.2 Å². The van der Waals surface area contributed by atoms with Crippen LogP contribution in [0.4, 0.5) is 17.3 Å². The summed E-state index contributed by atoms with van der Waals surface area (Å²) in [4.78, 5) is 19.7. The zero-order valence-electron chi connectivity index (χ0n) is 12.1. The van der Waals surface area contributed by atoms with Crippen LogP contribution in [0.25, 0.3) is 0 Å². The van der Waals surface area contributed by atoms with Gasteiger partial charge in [0.1, 0.15) is 18.0 Å². The van der Waals surface area contributed by atoms with Crippen molar-refractivity contribution in [3.8, 4) is 0 Å². The molecule has 110 valence electrons. The third-order valence-corrected chi connectivity index (χ3v) is 2.80. The third kappa shape index (κ3) is 4.17. The summed E-state index contributed by atoms with van der Waals surface area (Å²) in [6, 6.07) is 8.84. The van der Waals surface area contributed by atoms with Crippen LogP contribution in [0.2, 0.25) is 0 Å². The first-order valence-electron chi connectivity index (χ1n) is 6.74. The molecule has 0 fully saturated rings. The molecule has 0 spiro atoms. The SMILES string of the molecule is CCCNc1cc(Nc2ccc(C(=O)OC)cc2)ncn1. The van der Waals surface area contributed by atoms with Crippen LogP contribution in [0.3, 0.4) is 0 Å². The first-order chi connectivity index (χ1) is 10.2. The Hall–Kier alpha value is -2.63. The van der Waals surface area contributed by atoms with E-state index in [1.165, 1.54) is 13.4 Å². The van der Waals surface area contributed by atoms with Crippen LogP contribution in [-0.4, -0.2) is 29.6 Å². The molecule has 0 amide bonds. The lowest BCUT2D eigenvalue weighted by atomic mass is 10.2. The molecule has 1 aromatic carbocycles. The topological polar surface area (TPSA) is 76.1 Å². The zero-order valence-corrected chi connectivity index (χ0v) is 12.1. The average molecular weight is 286 g/mol. The lowest BCUT2D eigenvalue weighted by Crippen LogP contribution is -2.04. The molecule has 6 nitrogen and oxygen atoms in total. The normalized spacial score (nSPS) is 10.0. The molecule has 21 heavy (non-hydrogen) atoms. The summed E-state index contributed by atoms with van der Waals surface area (Å²) >= 11 is 0. The molecule has 0 unspecified atom stereocenters. The van der Waals surface area contributed by atoms with Crippen molar-refractivity contribution in [1.82, 2.24) is 9.97 Å². The Bertz CT molecular complexity index is 599. The molecule has 2 rings (SSSR count). The molecular weight excluding hydrogens is 268 g/mol. The standard InChI is InChI=1S/C15H18N4O2/c1-3-8-16-13-9-14(18-10-17-13)19-12-6-4-11(5-7-12)15(20)21-2/h4-7,9-10H,3,8H2,1-2H3,(H2,16,17,18,19). The number of nitrogens with one attached hydrogen (secondary N) is 2. The van der Waals surface area contributed by atoms with E-state index in [1.54, 1.807) is 24.3 Å². The molecule has 0 radical (unpaired) electrons. The molecule has 0 bridgehead atoms. The number of nitrogens with zero attached hydrogens (tertiary/aromatic N) is 2. The van der Waals surface area contributed by atoms with Crippen LogP contribution in [0.5, 0.6) is 0 Å². The molecule has 2 aromatic rings. The van der Waals surface area contributed by atoms with Gasteiger partial charge >= 0.3 is 5.97 Å². The number of hydrogen-bond acceptors (Lipinski definition) is 6. The van der Waals surface area contributed by atoms with E-state index in [2.05, 4.69) is 32.3 Å². The highest BCUT2D eigenvalue weighted by atomic mass is 16.5. The Kier molecular flexibility index (Phi) is 5.09. The average Bonchev–Trinajstić information content (AvgIpc) is 2.53. The number of aromatic nitrogens is 2. The smallest absolute Gasteiger partial charge is 0.337 e. The largest absolute Gasteiger partial charge is 0.465 e. The van der Waals surface area contributed by atoms with Gasteiger partial charge in [-0.25, -0.2) is 14.8 Å². The molecule has 6 heteroatoms. The Labute approximate surface area is 123 Å². The minimum Gasteiger partial charge on any atom is -0.465 e. The van der Waals surface area contributed by atoms with Gasteiger partial charge in [-0.1, -0.05) is 6.92 Å². The third-order valence-electron chi connectivity index (χ3n) is 2.80. The number of carbonyl (C=O) groups excluding carboxylic acids is 1. The molecule has 0 saturated heterocycles. The zero-order chi connectivity index (χ0) is 15.1. The summed E-state index contributed by atoms with van der Waals surface area (Å²) in [5.74, 6) is 1.12. The highest BCUT2D eigenvalue weighted by molar-refractivity contribution is 5.89. The lowest BCUT2D eigenvalue weighted by molar-refractivity contribution is 0.0601. The van der Waals surface area contributed by atoms with Gasteiger partial charge < -0.3 is 15.4 Å². The van der Waals surface area contributed by atoms with Gasteiger partial charge in [0, 0.05) is 18.3 Å². The van der Waals surface area contributed by atoms with Crippen LogP contribution in [0.15, 0.2) is 36.7 Å². The van der Waals surface area contributed by atoms with E-state index in [9.17, 15) is 4.79 Å². The van der Waals surface area contributed by atoms with Crippen LogP contribution in [0, 0.1) is 0 Å². The van der Waals surface area contributed by atoms with Crippen LogP contribution in [-0.2, 0) is 4.74 Å². The second-order valence-electron chi connectivity index (χ2n) is 4.41. The molecule has 1 aromatic heterocycles. The van der Waals surface area contributed by atoms with Crippen LogP contribution < -0.4 is 10.6 Å². The highest BCUT2D eigenvalue weighted by Crippen LogP contribution is 2.17. The van der Waals surface area contributed by atoms with Crippen molar-refractivity contribution in [1.29, 1.82) is 0 Å². The number of esters is 1. The molecule has 0 aliphatic carbocycles. The summed E-state index contributed by atoms with van der Waals surface area (Å²) in [6.07, 6.45) is 2.53. The quantitative estimate of drug-likeness (QED) is 0.795. The monoisotopic (exact) mass is 286 g/mol. The first kappa shape index (κ1) is 14.8. The van der Waals surface area contributed by atoms with Crippen LogP contribution >= 0.6 is 0 Å². The Morgan fingerprint density at radius 1 is 1.19 bits per heavy atom. The molecular formula is C15H18N4O2. The van der Waals surface area contributed by atoms with Gasteiger partial charge in [-0.2, -0.15) is 0 Å². The van der Waals surface area contributed by atoms with E-state index in [1.807, 2.05) is 6.07 Å². The van der Waals surface area contributed by atoms with Gasteiger partial charge in [-0.05, 0) is 30.7 Å². The van der Waals surface area contributed by atoms with Gasteiger partial charge in [0.2, 0.25) is 0 Å². The second kappa shape index (κ2) is 7.23. The summed E-state index contributed by atoms with van der Waals surface area (Å²) in [6.45, 7) is 2.96. The van der Waals surface area contributed by atoms with E-state index in [0.717, 1.165) is 24.5 Å². The minimum absolute atomic E-state index is 0.352. The van der Waals surface area contributed by atoms with Crippen LogP contribution in [0.1, 0.15) is 23.7 Å². The fourth-order valence-corrected chi connectivity index (χ4v) is 1.73. The summed E-state index contributed by atoms with van der Waals surface area (Å²) in [7, 11) is 1.36. The maximum Gasteiger partial charge on any atom is 0.337 e. The van der Waals surface area contributed by atoms with E-state index in [0.29, 0.717) is 11.4 Å². The fraction of sp³-hybridized carbons (Fsp3) is 0.267. The maximum absolute atomic E-state index is 11.4. The van der Waals surface area contributed by atoms with Crippen molar-refractivity contribution in [2.24, 2.45) is 0 Å². The second-order valence-corrected chi connectivity index (χ2v) is 4.41. The Morgan fingerprint density at radius 3 is 2.57 bits per heavy atom. The van der Waals surface area contributed by atoms with Crippen molar-refractivity contribution in [2.75, 3.05) is 24.3 Å². The van der Waals surface area contributed by atoms with E-state index in [-0.39, 0.29) is 5.97 Å². The minimum atomic E-state index is -0.352. The number of hydrogen-bond donors (Lipinski definition) is 2. The predicted octanol–water partition coefficient (Wildman–Crippen LogP) is 2.83.